The number of carbonyl (C=O) groups excluding carboxylic acids is 6. The molecule has 3 N–H and O–H groups in total. The van der Waals surface area contributed by atoms with E-state index in [0.717, 1.165) is 38.5 Å². The van der Waals surface area contributed by atoms with Crippen molar-refractivity contribution in [1.29, 1.82) is 0 Å². The first kappa shape index (κ1) is 53.7. The Morgan fingerprint density at radius 1 is 0.509 bits per heavy atom. The molecule has 0 aliphatic heterocycles. The number of ether oxygens (including phenoxy) is 6. The highest BCUT2D eigenvalue weighted by molar-refractivity contribution is 5.85. The van der Waals surface area contributed by atoms with Gasteiger partial charge in [0.05, 0.1) is 33.0 Å². The Labute approximate surface area is 342 Å². The van der Waals surface area contributed by atoms with Crippen molar-refractivity contribution in [2.24, 2.45) is 0 Å². The van der Waals surface area contributed by atoms with Crippen LogP contribution in [0, 0.1) is 0 Å². The zero-order chi connectivity index (χ0) is 42.6. The topological polar surface area (TPSA) is 194 Å². The quantitative estimate of drug-likeness (QED) is 0.0303. The van der Waals surface area contributed by atoms with Crippen LogP contribution in [0.4, 0.5) is 0 Å². The smallest absolute Gasteiger partial charge is 0.329 e. The molecule has 0 rings (SSSR count). The summed E-state index contributed by atoms with van der Waals surface area (Å²) in [5, 5.41) is 8.16. The van der Waals surface area contributed by atoms with E-state index in [2.05, 4.69) is 20.7 Å². The molecule has 0 saturated carbocycles. The first-order valence-corrected chi connectivity index (χ1v) is 21.2. The molecule has 0 aromatic rings. The van der Waals surface area contributed by atoms with E-state index in [9.17, 15) is 28.8 Å². The van der Waals surface area contributed by atoms with E-state index in [1.807, 2.05) is 20.8 Å². The molecule has 0 aliphatic carbocycles. The summed E-state index contributed by atoms with van der Waals surface area (Å²) in [5.74, 6) is -1.47. The summed E-state index contributed by atoms with van der Waals surface area (Å²) in [4.78, 5) is 71.6. The van der Waals surface area contributed by atoms with Gasteiger partial charge in [0.1, 0.15) is 30.5 Å². The second kappa shape index (κ2) is 34.7. The van der Waals surface area contributed by atoms with Crippen molar-refractivity contribution < 1.29 is 57.2 Å². The van der Waals surface area contributed by atoms with Gasteiger partial charge in [0.25, 0.3) is 6.47 Å². The summed E-state index contributed by atoms with van der Waals surface area (Å²) in [6.45, 7) is 13.1. The maximum Gasteiger partial charge on any atom is 0.329 e. The van der Waals surface area contributed by atoms with Crippen LogP contribution in [0.2, 0.25) is 0 Å². The summed E-state index contributed by atoms with van der Waals surface area (Å²) in [6.07, 6.45) is 16.7. The van der Waals surface area contributed by atoms with Crippen LogP contribution in [0.1, 0.15) is 157 Å². The van der Waals surface area contributed by atoms with Crippen molar-refractivity contribution in [3.63, 3.8) is 0 Å². The van der Waals surface area contributed by atoms with E-state index in [0.29, 0.717) is 25.9 Å². The second-order valence-corrected chi connectivity index (χ2v) is 16.2. The van der Waals surface area contributed by atoms with Gasteiger partial charge in [-0.3, -0.25) is 24.0 Å². The minimum absolute atomic E-state index is 0.0252. The standard InChI is InChI=1S/C42H77N3O12/c1-41(2,3)56-39(50)22-20-18-16-14-12-10-8-7-9-11-13-15-17-19-21-37(48)45-35(40(51)57-42(4,5)6)23-24-36(47)43-25-27-52-29-31-54-33-38(49)44-26-28-53-30-32-55-34-46/h34-35H,7-33H2,1-6H3,(H,43,47)(H,44,49)(H,45,48)/t35-/m0/s1. The van der Waals surface area contributed by atoms with Crippen LogP contribution in [-0.4, -0.2) is 113 Å². The molecule has 0 aromatic carbocycles. The molecule has 332 valence electrons. The first-order valence-electron chi connectivity index (χ1n) is 21.2. The van der Waals surface area contributed by atoms with Gasteiger partial charge < -0.3 is 44.4 Å². The lowest BCUT2D eigenvalue weighted by atomic mass is 10.0. The Hall–Kier alpha value is -3.30. The fourth-order valence-corrected chi connectivity index (χ4v) is 5.54. The average molecular weight is 816 g/mol. The average Bonchev–Trinajstić information content (AvgIpc) is 3.12. The van der Waals surface area contributed by atoms with Crippen LogP contribution in [0.25, 0.3) is 0 Å². The number of unbranched alkanes of at least 4 members (excludes halogenated alkanes) is 13. The number of carbonyl (C=O) groups is 6. The van der Waals surface area contributed by atoms with E-state index in [-0.39, 0.29) is 89.3 Å². The number of hydrogen-bond acceptors (Lipinski definition) is 12. The van der Waals surface area contributed by atoms with E-state index < -0.39 is 23.2 Å². The molecule has 0 spiro atoms. The third-order valence-electron chi connectivity index (χ3n) is 8.30. The van der Waals surface area contributed by atoms with E-state index >= 15 is 0 Å². The molecule has 15 nitrogen and oxygen atoms in total. The van der Waals surface area contributed by atoms with Gasteiger partial charge in [0, 0.05) is 32.4 Å². The highest BCUT2D eigenvalue weighted by Crippen LogP contribution is 2.16. The van der Waals surface area contributed by atoms with Gasteiger partial charge in [-0.2, -0.15) is 0 Å². The Bertz CT molecular complexity index is 1090. The lowest BCUT2D eigenvalue weighted by molar-refractivity contribution is -0.159. The molecule has 0 unspecified atom stereocenters. The number of rotatable bonds is 37. The zero-order valence-corrected chi connectivity index (χ0v) is 36.1. The molecule has 57 heavy (non-hydrogen) atoms. The molecule has 0 aliphatic rings. The minimum atomic E-state index is -0.923. The highest BCUT2D eigenvalue weighted by atomic mass is 16.6. The molecule has 0 bridgehead atoms. The summed E-state index contributed by atoms with van der Waals surface area (Å²) in [6, 6.07) is -0.923. The third-order valence-corrected chi connectivity index (χ3v) is 8.30. The molecule has 0 fully saturated rings. The van der Waals surface area contributed by atoms with Crippen LogP contribution >= 0.6 is 0 Å². The fourth-order valence-electron chi connectivity index (χ4n) is 5.54. The number of esters is 2. The Kier molecular flexibility index (Phi) is 32.7. The van der Waals surface area contributed by atoms with Crippen molar-refractivity contribution >= 4 is 36.1 Å². The van der Waals surface area contributed by atoms with Crippen LogP contribution in [0.5, 0.6) is 0 Å². The molecule has 0 heterocycles. The molecule has 0 aromatic heterocycles. The molecule has 15 heteroatoms. The molecular formula is C42H77N3O12. The molecule has 0 radical (unpaired) electrons. The third kappa shape index (κ3) is 39.3. The molecule has 3 amide bonds. The van der Waals surface area contributed by atoms with E-state index in [4.69, 9.17) is 23.7 Å². The van der Waals surface area contributed by atoms with E-state index in [1.165, 1.54) is 51.4 Å². The van der Waals surface area contributed by atoms with E-state index in [1.54, 1.807) is 20.8 Å². The minimum Gasteiger partial charge on any atom is -0.465 e. The van der Waals surface area contributed by atoms with Crippen LogP contribution in [0.15, 0.2) is 0 Å². The Balaban J connectivity index is 4.01. The monoisotopic (exact) mass is 816 g/mol. The Morgan fingerprint density at radius 3 is 1.47 bits per heavy atom. The fraction of sp³-hybridized carbons (Fsp3) is 0.857. The van der Waals surface area contributed by atoms with Crippen molar-refractivity contribution in [1.82, 2.24) is 16.0 Å². The van der Waals surface area contributed by atoms with Gasteiger partial charge in [-0.15, -0.1) is 0 Å². The van der Waals surface area contributed by atoms with Crippen LogP contribution < -0.4 is 16.0 Å². The highest BCUT2D eigenvalue weighted by Gasteiger charge is 2.27. The summed E-state index contributed by atoms with van der Waals surface area (Å²) < 4.78 is 31.2. The molecule has 1 atom stereocenters. The SMILES string of the molecule is CC(C)(C)OC(=O)CCCCCCCCCCCCCCCCC(=O)N[C@@H](CCC(=O)NCCOCCOCC(=O)NCCOCCOC=O)C(=O)OC(C)(C)C. The van der Waals surface area contributed by atoms with Gasteiger partial charge in [-0.05, 0) is 60.8 Å². The number of nitrogens with one attached hydrogen (secondary N) is 3. The van der Waals surface area contributed by atoms with Crippen molar-refractivity contribution in [2.75, 3.05) is 59.3 Å². The summed E-state index contributed by atoms with van der Waals surface area (Å²) in [7, 11) is 0. The Morgan fingerprint density at radius 2 is 0.965 bits per heavy atom. The molecule has 0 saturated heterocycles. The largest absolute Gasteiger partial charge is 0.465 e. The van der Waals surface area contributed by atoms with Gasteiger partial charge in [-0.1, -0.05) is 77.0 Å². The van der Waals surface area contributed by atoms with Crippen molar-refractivity contribution in [3.05, 3.63) is 0 Å². The predicted molar refractivity (Wildman–Crippen MR) is 217 cm³/mol. The first-order chi connectivity index (χ1) is 27.1. The van der Waals surface area contributed by atoms with Gasteiger partial charge >= 0.3 is 11.9 Å². The predicted octanol–water partition coefficient (Wildman–Crippen LogP) is 5.63. The van der Waals surface area contributed by atoms with Crippen LogP contribution in [0.3, 0.4) is 0 Å². The van der Waals surface area contributed by atoms with Gasteiger partial charge in [0.2, 0.25) is 17.7 Å². The van der Waals surface area contributed by atoms with Crippen molar-refractivity contribution in [3.8, 4) is 0 Å². The van der Waals surface area contributed by atoms with Crippen molar-refractivity contribution in [2.45, 2.75) is 174 Å². The normalized spacial score (nSPS) is 12.0. The molecular weight excluding hydrogens is 738 g/mol. The summed E-state index contributed by atoms with van der Waals surface area (Å²) >= 11 is 0. The maximum atomic E-state index is 12.9. The lowest BCUT2D eigenvalue weighted by Crippen LogP contribution is -2.44. The number of amides is 3. The maximum absolute atomic E-state index is 12.9. The number of hydrogen-bond donors (Lipinski definition) is 3. The van der Waals surface area contributed by atoms with Gasteiger partial charge in [-0.25, -0.2) is 4.79 Å². The lowest BCUT2D eigenvalue weighted by Gasteiger charge is -2.24. The van der Waals surface area contributed by atoms with Crippen LogP contribution in [-0.2, 0) is 57.2 Å². The summed E-state index contributed by atoms with van der Waals surface area (Å²) in [5.41, 5.74) is -1.14. The second-order valence-electron chi connectivity index (χ2n) is 16.2. The van der Waals surface area contributed by atoms with Gasteiger partial charge in [0.15, 0.2) is 0 Å². The zero-order valence-electron chi connectivity index (χ0n) is 36.1.